The van der Waals surface area contributed by atoms with Crippen molar-refractivity contribution in [2.24, 2.45) is 0 Å². The Morgan fingerprint density at radius 3 is 2.38 bits per heavy atom. The maximum absolute atomic E-state index is 12.3. The Bertz CT molecular complexity index is 556. The highest BCUT2D eigenvalue weighted by Gasteiger charge is 2.43. The molecule has 2 heterocycles. The van der Waals surface area contributed by atoms with Crippen LogP contribution in [0, 0.1) is 0 Å². The molecule has 114 valence electrons. The van der Waals surface area contributed by atoms with Crippen LogP contribution in [0.2, 0.25) is 0 Å². The summed E-state index contributed by atoms with van der Waals surface area (Å²) in [6.45, 7) is 0. The van der Waals surface area contributed by atoms with E-state index in [0.717, 1.165) is 12.4 Å². The first-order chi connectivity index (χ1) is 9.74. The van der Waals surface area contributed by atoms with E-state index in [1.807, 2.05) is 0 Å². The number of nitrogens with one attached hydrogen (secondary N) is 1. The van der Waals surface area contributed by atoms with Gasteiger partial charge in [-0.1, -0.05) is 0 Å². The third-order valence-electron chi connectivity index (χ3n) is 2.95. The highest BCUT2D eigenvalue weighted by Crippen LogP contribution is 2.29. The second-order valence-corrected chi connectivity index (χ2v) is 5.54. The Labute approximate surface area is 121 Å². The minimum Gasteiger partial charge on any atom is -0.479 e. The first-order valence-corrected chi connectivity index (χ1v) is 6.93. The van der Waals surface area contributed by atoms with Gasteiger partial charge in [-0.25, -0.2) is 14.8 Å². The van der Waals surface area contributed by atoms with Crippen LogP contribution in [0.15, 0.2) is 12.4 Å². The average Bonchev–Trinajstić information content (AvgIpc) is 2.88. The molecule has 1 amide bonds. The van der Waals surface area contributed by atoms with E-state index in [-0.39, 0.29) is 17.7 Å². The molecule has 1 atom stereocenters. The van der Waals surface area contributed by atoms with Gasteiger partial charge in [-0.3, -0.25) is 4.79 Å². The lowest BCUT2D eigenvalue weighted by atomic mass is 9.99. The molecule has 1 saturated heterocycles. The minimum absolute atomic E-state index is 0.204. The standard InChI is InChI=1S/C11H10F3N3O3S/c12-11(13,14)8-15-3-6(4-16-8)7(18)17-10(9(19)20)1-2-21-5-10/h3-4H,1-2,5H2,(H,17,18)(H,19,20). The zero-order chi connectivity index (χ0) is 15.7. The molecule has 0 aliphatic carbocycles. The highest BCUT2D eigenvalue weighted by atomic mass is 32.2. The molecule has 1 aliphatic heterocycles. The number of hydrogen-bond acceptors (Lipinski definition) is 5. The number of halogens is 3. The summed E-state index contributed by atoms with van der Waals surface area (Å²) in [5.74, 6) is -2.56. The Hall–Kier alpha value is -1.84. The number of carbonyl (C=O) groups excluding carboxylic acids is 1. The zero-order valence-corrected chi connectivity index (χ0v) is 11.3. The maximum Gasteiger partial charge on any atom is 0.451 e. The van der Waals surface area contributed by atoms with Gasteiger partial charge in [0.1, 0.15) is 5.54 Å². The normalized spacial score (nSPS) is 22.0. The van der Waals surface area contributed by atoms with Gasteiger partial charge in [-0.15, -0.1) is 0 Å². The summed E-state index contributed by atoms with van der Waals surface area (Å²) in [6, 6.07) is 0. The summed E-state index contributed by atoms with van der Waals surface area (Å²) in [6.07, 6.45) is -2.99. The van der Waals surface area contributed by atoms with Crippen molar-refractivity contribution in [3.05, 3.63) is 23.8 Å². The molecule has 0 radical (unpaired) electrons. The molecule has 1 aliphatic rings. The van der Waals surface area contributed by atoms with Gasteiger partial charge >= 0.3 is 12.1 Å². The fraction of sp³-hybridized carbons (Fsp3) is 0.455. The number of hydrogen-bond donors (Lipinski definition) is 2. The number of aromatic nitrogens is 2. The van der Waals surface area contributed by atoms with Gasteiger partial charge in [0.2, 0.25) is 5.82 Å². The van der Waals surface area contributed by atoms with Crippen molar-refractivity contribution in [1.82, 2.24) is 15.3 Å². The SMILES string of the molecule is O=C(NC1(C(=O)O)CCSC1)c1cnc(C(F)(F)F)nc1. The van der Waals surface area contributed by atoms with Gasteiger partial charge in [0, 0.05) is 18.1 Å². The van der Waals surface area contributed by atoms with Crippen LogP contribution in [0.1, 0.15) is 22.6 Å². The Morgan fingerprint density at radius 2 is 1.95 bits per heavy atom. The van der Waals surface area contributed by atoms with Crippen molar-refractivity contribution in [1.29, 1.82) is 0 Å². The number of aliphatic carboxylic acids is 1. The van der Waals surface area contributed by atoms with Gasteiger partial charge in [0.05, 0.1) is 5.56 Å². The molecular weight excluding hydrogens is 311 g/mol. The number of thioether (sulfide) groups is 1. The molecule has 1 unspecified atom stereocenters. The fourth-order valence-electron chi connectivity index (χ4n) is 1.77. The monoisotopic (exact) mass is 321 g/mol. The summed E-state index contributed by atoms with van der Waals surface area (Å²) in [4.78, 5) is 29.3. The van der Waals surface area contributed by atoms with E-state index in [0.29, 0.717) is 5.75 Å². The lowest BCUT2D eigenvalue weighted by Gasteiger charge is -2.24. The van der Waals surface area contributed by atoms with Gasteiger partial charge < -0.3 is 10.4 Å². The van der Waals surface area contributed by atoms with Crippen LogP contribution >= 0.6 is 11.8 Å². The molecule has 0 spiro atoms. The summed E-state index contributed by atoms with van der Waals surface area (Å²) in [7, 11) is 0. The van der Waals surface area contributed by atoms with Crippen molar-refractivity contribution in [3.8, 4) is 0 Å². The molecule has 0 aromatic carbocycles. The van der Waals surface area contributed by atoms with E-state index >= 15 is 0 Å². The van der Waals surface area contributed by atoms with Crippen molar-refractivity contribution in [3.63, 3.8) is 0 Å². The third-order valence-corrected chi connectivity index (χ3v) is 4.14. The van der Waals surface area contributed by atoms with Crippen LogP contribution in [0.5, 0.6) is 0 Å². The Morgan fingerprint density at radius 1 is 1.33 bits per heavy atom. The van der Waals surface area contributed by atoms with Crippen LogP contribution in [0.4, 0.5) is 13.2 Å². The van der Waals surface area contributed by atoms with E-state index in [4.69, 9.17) is 0 Å². The summed E-state index contributed by atoms with van der Waals surface area (Å²) < 4.78 is 36.9. The molecule has 2 N–H and O–H groups in total. The van der Waals surface area contributed by atoms with E-state index in [2.05, 4.69) is 15.3 Å². The largest absolute Gasteiger partial charge is 0.479 e. The van der Waals surface area contributed by atoms with Crippen molar-refractivity contribution in [2.75, 3.05) is 11.5 Å². The average molecular weight is 321 g/mol. The third kappa shape index (κ3) is 3.26. The van der Waals surface area contributed by atoms with Gasteiger partial charge in [-0.05, 0) is 12.2 Å². The summed E-state index contributed by atoms with van der Waals surface area (Å²) in [5, 5.41) is 11.5. The first-order valence-electron chi connectivity index (χ1n) is 5.77. The summed E-state index contributed by atoms with van der Waals surface area (Å²) in [5.41, 5.74) is -1.62. The predicted molar refractivity (Wildman–Crippen MR) is 66.8 cm³/mol. The smallest absolute Gasteiger partial charge is 0.451 e. The van der Waals surface area contributed by atoms with Crippen LogP contribution in [0.25, 0.3) is 0 Å². The first kappa shape index (κ1) is 15.5. The van der Waals surface area contributed by atoms with E-state index in [1.165, 1.54) is 11.8 Å². The number of carboxylic acids is 1. The minimum atomic E-state index is -4.70. The molecule has 0 bridgehead atoms. The second-order valence-electron chi connectivity index (χ2n) is 4.44. The molecule has 6 nitrogen and oxygen atoms in total. The van der Waals surface area contributed by atoms with E-state index in [1.54, 1.807) is 0 Å². The number of amides is 1. The lowest BCUT2D eigenvalue weighted by Crippen LogP contribution is -2.54. The van der Waals surface area contributed by atoms with Gasteiger partial charge in [0.25, 0.3) is 5.91 Å². The Kier molecular flexibility index (Phi) is 4.08. The van der Waals surface area contributed by atoms with Crippen molar-refractivity contribution < 1.29 is 27.9 Å². The highest BCUT2D eigenvalue weighted by molar-refractivity contribution is 7.99. The number of nitrogens with zero attached hydrogens (tertiary/aromatic N) is 2. The molecule has 0 saturated carbocycles. The molecule has 1 fully saturated rings. The Balaban J connectivity index is 2.15. The molecule has 1 aromatic heterocycles. The van der Waals surface area contributed by atoms with Gasteiger partial charge in [0.15, 0.2) is 0 Å². The second kappa shape index (κ2) is 5.51. The molecule has 10 heteroatoms. The van der Waals surface area contributed by atoms with Crippen LogP contribution in [-0.2, 0) is 11.0 Å². The van der Waals surface area contributed by atoms with Crippen LogP contribution in [-0.4, -0.2) is 44.0 Å². The van der Waals surface area contributed by atoms with Crippen LogP contribution in [0.3, 0.4) is 0 Å². The molecular formula is C11H10F3N3O3S. The lowest BCUT2D eigenvalue weighted by molar-refractivity contribution is -0.145. The predicted octanol–water partition coefficient (Wildman–Crippen LogP) is 1.19. The van der Waals surface area contributed by atoms with Crippen molar-refractivity contribution in [2.45, 2.75) is 18.1 Å². The number of alkyl halides is 3. The van der Waals surface area contributed by atoms with E-state index < -0.39 is 29.4 Å². The fourth-order valence-corrected chi connectivity index (χ4v) is 3.09. The molecule has 21 heavy (non-hydrogen) atoms. The quantitative estimate of drug-likeness (QED) is 0.869. The number of rotatable bonds is 3. The maximum atomic E-state index is 12.3. The number of carboxylic acid groups (broad SMARTS) is 1. The molecule has 1 aromatic rings. The topological polar surface area (TPSA) is 92.2 Å². The number of carbonyl (C=O) groups is 2. The van der Waals surface area contributed by atoms with Crippen LogP contribution < -0.4 is 5.32 Å². The van der Waals surface area contributed by atoms with E-state index in [9.17, 15) is 27.9 Å². The zero-order valence-electron chi connectivity index (χ0n) is 10.5. The molecule has 2 rings (SSSR count). The summed E-state index contributed by atoms with van der Waals surface area (Å²) >= 11 is 1.38. The van der Waals surface area contributed by atoms with Crippen molar-refractivity contribution >= 4 is 23.6 Å². The van der Waals surface area contributed by atoms with Gasteiger partial charge in [-0.2, -0.15) is 24.9 Å².